The Kier molecular flexibility index (Phi) is 2.72. The highest BCUT2D eigenvalue weighted by atomic mass is 32.1. The highest BCUT2D eigenvalue weighted by molar-refractivity contribution is 7.20. The molecule has 19 heavy (non-hydrogen) atoms. The van der Waals surface area contributed by atoms with Crippen molar-refractivity contribution in [1.29, 1.82) is 0 Å². The number of carbonyl (C=O) groups excluding carboxylic acids is 1. The molecule has 0 aliphatic heterocycles. The first kappa shape index (κ1) is 11.7. The number of benzene rings is 1. The summed E-state index contributed by atoms with van der Waals surface area (Å²) in [5.74, 6) is 0.346. The van der Waals surface area contributed by atoms with Gasteiger partial charge in [-0.25, -0.2) is 0 Å². The molecule has 3 rings (SSSR count). The van der Waals surface area contributed by atoms with Gasteiger partial charge in [-0.2, -0.15) is 5.10 Å². The number of thiophene rings is 1. The zero-order valence-corrected chi connectivity index (χ0v) is 11.1. The van der Waals surface area contributed by atoms with E-state index in [0.29, 0.717) is 16.4 Å². The molecule has 0 radical (unpaired) electrons. The van der Waals surface area contributed by atoms with Crippen LogP contribution in [0.1, 0.15) is 9.67 Å². The predicted octanol–water partition coefficient (Wildman–Crippen LogP) is 2.47. The molecule has 96 valence electrons. The first-order valence-corrected chi connectivity index (χ1v) is 6.54. The van der Waals surface area contributed by atoms with Gasteiger partial charge in [0.1, 0.15) is 0 Å². The lowest BCUT2D eigenvalue weighted by molar-refractivity contribution is 0.102. The monoisotopic (exact) mass is 272 g/mol. The maximum absolute atomic E-state index is 12.2. The zero-order chi connectivity index (χ0) is 13.4. The van der Waals surface area contributed by atoms with E-state index in [1.54, 1.807) is 11.7 Å². The van der Waals surface area contributed by atoms with Crippen molar-refractivity contribution in [2.75, 3.05) is 11.1 Å². The van der Waals surface area contributed by atoms with Crippen LogP contribution >= 0.6 is 11.3 Å². The van der Waals surface area contributed by atoms with E-state index in [-0.39, 0.29) is 5.91 Å². The van der Waals surface area contributed by atoms with Gasteiger partial charge in [-0.1, -0.05) is 18.2 Å². The van der Waals surface area contributed by atoms with Crippen LogP contribution in [0.5, 0.6) is 0 Å². The van der Waals surface area contributed by atoms with Crippen molar-refractivity contribution >= 4 is 38.8 Å². The second kappa shape index (κ2) is 4.40. The van der Waals surface area contributed by atoms with E-state index in [9.17, 15) is 4.79 Å². The molecule has 3 aromatic rings. The van der Waals surface area contributed by atoms with E-state index >= 15 is 0 Å². The largest absolute Gasteiger partial charge is 0.394 e. The maximum Gasteiger partial charge on any atom is 0.266 e. The SMILES string of the molecule is Cn1ncc(N)c1NC(=O)c1cc2ccccc2s1. The van der Waals surface area contributed by atoms with Crippen LogP contribution in [-0.2, 0) is 7.05 Å². The van der Waals surface area contributed by atoms with E-state index in [1.807, 2.05) is 30.3 Å². The fraction of sp³-hybridized carbons (Fsp3) is 0.0769. The minimum Gasteiger partial charge on any atom is -0.394 e. The smallest absolute Gasteiger partial charge is 0.266 e. The fourth-order valence-corrected chi connectivity index (χ4v) is 2.83. The molecule has 0 unspecified atom stereocenters. The highest BCUT2D eigenvalue weighted by Gasteiger charge is 2.13. The number of hydrogen-bond donors (Lipinski definition) is 2. The van der Waals surface area contributed by atoms with Crippen LogP contribution in [0.4, 0.5) is 11.5 Å². The number of nitrogens with two attached hydrogens (primary N) is 1. The average molecular weight is 272 g/mol. The van der Waals surface area contributed by atoms with E-state index in [2.05, 4.69) is 10.4 Å². The molecule has 2 heterocycles. The lowest BCUT2D eigenvalue weighted by atomic mass is 10.2. The number of nitrogens with zero attached hydrogens (tertiary/aromatic N) is 2. The number of nitrogens with one attached hydrogen (secondary N) is 1. The van der Waals surface area contributed by atoms with Gasteiger partial charge >= 0.3 is 0 Å². The summed E-state index contributed by atoms with van der Waals surface area (Å²) in [5, 5.41) is 7.83. The van der Waals surface area contributed by atoms with Crippen LogP contribution in [0.15, 0.2) is 36.5 Å². The molecule has 0 atom stereocenters. The van der Waals surface area contributed by atoms with Crippen molar-refractivity contribution < 1.29 is 4.79 Å². The number of aromatic nitrogens is 2. The minimum atomic E-state index is -0.170. The standard InChI is InChI=1S/C13H12N4OS/c1-17-12(9(14)7-15-17)16-13(18)11-6-8-4-2-3-5-10(8)19-11/h2-7H,14H2,1H3,(H,16,18). The number of hydrogen-bond acceptors (Lipinski definition) is 4. The molecule has 0 aliphatic rings. The Balaban J connectivity index is 1.92. The van der Waals surface area contributed by atoms with Gasteiger partial charge in [0.05, 0.1) is 16.8 Å². The van der Waals surface area contributed by atoms with Gasteiger partial charge in [0, 0.05) is 11.7 Å². The Morgan fingerprint density at radius 1 is 1.42 bits per heavy atom. The highest BCUT2D eigenvalue weighted by Crippen LogP contribution is 2.26. The predicted molar refractivity (Wildman–Crippen MR) is 77.4 cm³/mol. The molecule has 6 heteroatoms. The molecule has 0 aliphatic carbocycles. The van der Waals surface area contributed by atoms with Gasteiger partial charge in [0.25, 0.3) is 5.91 Å². The van der Waals surface area contributed by atoms with Crippen LogP contribution in [0.25, 0.3) is 10.1 Å². The van der Waals surface area contributed by atoms with Gasteiger partial charge in [-0.3, -0.25) is 9.48 Å². The number of fused-ring (bicyclic) bond motifs is 1. The lowest BCUT2D eigenvalue weighted by Crippen LogP contribution is -2.14. The van der Waals surface area contributed by atoms with E-state index in [1.165, 1.54) is 17.5 Å². The number of carbonyl (C=O) groups is 1. The van der Waals surface area contributed by atoms with Crippen LogP contribution in [0.2, 0.25) is 0 Å². The molecule has 2 aromatic heterocycles. The molecule has 0 fully saturated rings. The zero-order valence-electron chi connectivity index (χ0n) is 10.3. The van der Waals surface area contributed by atoms with Crippen molar-refractivity contribution in [2.24, 2.45) is 7.05 Å². The second-order valence-corrected chi connectivity index (χ2v) is 5.26. The summed E-state index contributed by atoms with van der Waals surface area (Å²) in [6.45, 7) is 0. The van der Waals surface area contributed by atoms with Gasteiger partial charge < -0.3 is 11.1 Å². The van der Waals surface area contributed by atoms with E-state index < -0.39 is 0 Å². The van der Waals surface area contributed by atoms with Crippen molar-refractivity contribution in [2.45, 2.75) is 0 Å². The number of anilines is 2. The molecule has 0 bridgehead atoms. The normalized spacial score (nSPS) is 10.8. The van der Waals surface area contributed by atoms with Gasteiger partial charge in [0.2, 0.25) is 0 Å². The van der Waals surface area contributed by atoms with Crippen LogP contribution in [0.3, 0.4) is 0 Å². The van der Waals surface area contributed by atoms with Crippen LogP contribution in [-0.4, -0.2) is 15.7 Å². The quantitative estimate of drug-likeness (QED) is 0.752. The van der Waals surface area contributed by atoms with Crippen molar-refractivity contribution in [3.63, 3.8) is 0 Å². The Labute approximate surface area is 113 Å². The topological polar surface area (TPSA) is 72.9 Å². The number of rotatable bonds is 2. The molecule has 0 saturated heterocycles. The summed E-state index contributed by atoms with van der Waals surface area (Å²) in [6.07, 6.45) is 1.51. The fourth-order valence-electron chi connectivity index (χ4n) is 1.87. The summed E-state index contributed by atoms with van der Waals surface area (Å²) in [6, 6.07) is 9.77. The molecule has 3 N–H and O–H groups in total. The van der Waals surface area contributed by atoms with Gasteiger partial charge in [-0.05, 0) is 17.5 Å². The summed E-state index contributed by atoms with van der Waals surface area (Å²) in [7, 11) is 1.73. The maximum atomic E-state index is 12.2. The van der Waals surface area contributed by atoms with Gasteiger partial charge in [0.15, 0.2) is 5.82 Å². The summed E-state index contributed by atoms with van der Waals surface area (Å²) in [4.78, 5) is 12.8. The molecular weight excluding hydrogens is 260 g/mol. The Hall–Kier alpha value is -2.34. The molecule has 1 amide bonds. The van der Waals surface area contributed by atoms with Crippen molar-refractivity contribution in [3.8, 4) is 0 Å². The molecule has 0 spiro atoms. The average Bonchev–Trinajstić information content (AvgIpc) is 2.97. The minimum absolute atomic E-state index is 0.170. The van der Waals surface area contributed by atoms with Crippen molar-refractivity contribution in [1.82, 2.24) is 9.78 Å². The van der Waals surface area contributed by atoms with Crippen LogP contribution in [0, 0.1) is 0 Å². The Morgan fingerprint density at radius 3 is 2.89 bits per heavy atom. The summed E-state index contributed by atoms with van der Waals surface area (Å²) in [5.41, 5.74) is 6.20. The third-order valence-corrected chi connectivity index (χ3v) is 3.96. The molecule has 0 saturated carbocycles. The number of aryl methyl sites for hydroxylation is 1. The summed E-state index contributed by atoms with van der Waals surface area (Å²) >= 11 is 1.46. The third-order valence-electron chi connectivity index (χ3n) is 2.85. The molecular formula is C13H12N4OS. The van der Waals surface area contributed by atoms with Crippen LogP contribution < -0.4 is 11.1 Å². The third kappa shape index (κ3) is 2.06. The molecule has 1 aromatic carbocycles. The van der Waals surface area contributed by atoms with E-state index in [0.717, 1.165) is 10.1 Å². The first-order chi connectivity index (χ1) is 9.15. The first-order valence-electron chi connectivity index (χ1n) is 5.72. The lowest BCUT2D eigenvalue weighted by Gasteiger charge is -2.04. The second-order valence-electron chi connectivity index (χ2n) is 4.17. The molecule has 5 nitrogen and oxygen atoms in total. The number of nitrogen functional groups attached to an aromatic ring is 1. The summed E-state index contributed by atoms with van der Waals surface area (Å²) < 4.78 is 2.63. The Morgan fingerprint density at radius 2 is 2.21 bits per heavy atom. The van der Waals surface area contributed by atoms with Gasteiger partial charge in [-0.15, -0.1) is 11.3 Å². The van der Waals surface area contributed by atoms with Crippen molar-refractivity contribution in [3.05, 3.63) is 41.4 Å². The Bertz CT molecular complexity index is 706. The van der Waals surface area contributed by atoms with E-state index in [4.69, 9.17) is 5.73 Å². The number of amides is 1.